The van der Waals surface area contributed by atoms with Crippen LogP contribution in [0.25, 0.3) is 0 Å². The molecule has 1 aliphatic heterocycles. The number of anilines is 1. The third kappa shape index (κ3) is 3.66. The number of aromatic nitrogens is 1. The van der Waals surface area contributed by atoms with Gasteiger partial charge in [0.25, 0.3) is 0 Å². The number of hydrogen-bond acceptors (Lipinski definition) is 5. The van der Waals surface area contributed by atoms with Crippen LogP contribution in [0.1, 0.15) is 26.7 Å². The summed E-state index contributed by atoms with van der Waals surface area (Å²) in [5.74, 6) is 0.472. The first kappa shape index (κ1) is 16.5. The lowest BCUT2D eigenvalue weighted by atomic mass is 9.95. The Hall–Kier alpha value is -0.890. The molecular weight excluding hydrogens is 314 g/mol. The Bertz CT molecular complexity index is 609. The second-order valence-electron chi connectivity index (χ2n) is 5.43. The van der Waals surface area contributed by atoms with Gasteiger partial charge in [0.05, 0.1) is 10.6 Å². The maximum Gasteiger partial charge on any atom is 0.244 e. The molecule has 0 aliphatic carbocycles. The maximum absolute atomic E-state index is 12.5. The molecule has 2 heterocycles. The Kier molecular flexibility index (Phi) is 4.77. The van der Waals surface area contributed by atoms with Crippen molar-refractivity contribution in [2.45, 2.75) is 37.2 Å². The molecule has 1 aromatic heterocycles. The summed E-state index contributed by atoms with van der Waals surface area (Å²) >= 11 is 6.05. The van der Waals surface area contributed by atoms with Crippen LogP contribution in [0.5, 0.6) is 0 Å². The van der Waals surface area contributed by atoms with Crippen LogP contribution in [0.2, 0.25) is 5.02 Å². The zero-order valence-corrected chi connectivity index (χ0v) is 13.7. The van der Waals surface area contributed by atoms with E-state index in [0.717, 1.165) is 0 Å². The molecule has 118 valence electrons. The van der Waals surface area contributed by atoms with Gasteiger partial charge in [0.2, 0.25) is 10.0 Å². The molecule has 2 rings (SSSR count). The lowest BCUT2D eigenvalue weighted by Gasteiger charge is -2.34. The Labute approximate surface area is 130 Å². The van der Waals surface area contributed by atoms with E-state index in [9.17, 15) is 13.5 Å². The van der Waals surface area contributed by atoms with Crippen LogP contribution in [0.4, 0.5) is 5.82 Å². The van der Waals surface area contributed by atoms with Crippen LogP contribution in [-0.4, -0.2) is 48.0 Å². The first-order valence-corrected chi connectivity index (χ1v) is 8.70. The Morgan fingerprint density at radius 1 is 1.48 bits per heavy atom. The van der Waals surface area contributed by atoms with E-state index in [4.69, 9.17) is 11.6 Å². The molecule has 1 aromatic rings. The Morgan fingerprint density at radius 2 is 2.10 bits per heavy atom. The van der Waals surface area contributed by atoms with Crippen LogP contribution >= 0.6 is 11.6 Å². The minimum Gasteiger partial charge on any atom is -0.390 e. The summed E-state index contributed by atoms with van der Waals surface area (Å²) in [6, 6.07) is 1.41. The van der Waals surface area contributed by atoms with Gasteiger partial charge in [-0.05, 0) is 32.8 Å². The number of sulfonamides is 1. The van der Waals surface area contributed by atoms with Gasteiger partial charge in [0.15, 0.2) is 0 Å². The van der Waals surface area contributed by atoms with Crippen molar-refractivity contribution in [3.05, 3.63) is 17.3 Å². The van der Waals surface area contributed by atoms with Crippen LogP contribution in [0, 0.1) is 0 Å². The van der Waals surface area contributed by atoms with Crippen LogP contribution < -0.4 is 5.32 Å². The minimum absolute atomic E-state index is 0.0793. The summed E-state index contributed by atoms with van der Waals surface area (Å²) in [4.78, 5) is 4.14. The highest BCUT2D eigenvalue weighted by atomic mass is 35.5. The minimum atomic E-state index is -3.62. The Balaban J connectivity index is 2.22. The van der Waals surface area contributed by atoms with Gasteiger partial charge in [-0.2, -0.15) is 4.31 Å². The molecule has 8 heteroatoms. The van der Waals surface area contributed by atoms with E-state index in [1.807, 2.05) is 6.92 Å². The average molecular weight is 334 g/mol. The SMILES string of the molecule is CCNc1ncc(S(=O)(=O)N2CCC(C)(O)CC2)cc1Cl. The van der Waals surface area contributed by atoms with Crippen molar-refractivity contribution in [2.24, 2.45) is 0 Å². The number of nitrogens with zero attached hydrogens (tertiary/aromatic N) is 2. The number of nitrogens with one attached hydrogen (secondary N) is 1. The summed E-state index contributed by atoms with van der Waals surface area (Å²) in [5.41, 5.74) is -0.795. The molecular formula is C13H20ClN3O3S. The van der Waals surface area contributed by atoms with E-state index in [1.165, 1.54) is 16.6 Å². The third-order valence-electron chi connectivity index (χ3n) is 3.60. The summed E-state index contributed by atoms with van der Waals surface area (Å²) in [6.45, 7) is 4.87. The van der Waals surface area contributed by atoms with E-state index < -0.39 is 15.6 Å². The number of halogens is 1. The fraction of sp³-hybridized carbons (Fsp3) is 0.615. The molecule has 0 atom stereocenters. The first-order valence-electron chi connectivity index (χ1n) is 6.88. The second kappa shape index (κ2) is 6.08. The summed E-state index contributed by atoms with van der Waals surface area (Å²) in [6.07, 6.45) is 2.15. The summed E-state index contributed by atoms with van der Waals surface area (Å²) in [5, 5.41) is 13.1. The van der Waals surface area contributed by atoms with Crippen molar-refractivity contribution >= 4 is 27.4 Å². The average Bonchev–Trinajstić information content (AvgIpc) is 2.40. The fourth-order valence-electron chi connectivity index (χ4n) is 2.22. The molecule has 21 heavy (non-hydrogen) atoms. The van der Waals surface area contributed by atoms with Crippen molar-refractivity contribution < 1.29 is 13.5 Å². The monoisotopic (exact) mass is 333 g/mol. The normalized spacial score (nSPS) is 19.4. The van der Waals surface area contributed by atoms with E-state index >= 15 is 0 Å². The number of pyridine rings is 1. The highest BCUT2D eigenvalue weighted by Crippen LogP contribution is 2.28. The number of aliphatic hydroxyl groups is 1. The molecule has 0 unspecified atom stereocenters. The zero-order valence-electron chi connectivity index (χ0n) is 12.1. The van der Waals surface area contributed by atoms with Gasteiger partial charge in [-0.15, -0.1) is 0 Å². The molecule has 0 radical (unpaired) electrons. The van der Waals surface area contributed by atoms with Gasteiger partial charge in [0, 0.05) is 25.8 Å². The van der Waals surface area contributed by atoms with Gasteiger partial charge in [-0.3, -0.25) is 0 Å². The van der Waals surface area contributed by atoms with Gasteiger partial charge < -0.3 is 10.4 Å². The molecule has 0 amide bonds. The van der Waals surface area contributed by atoms with Crippen molar-refractivity contribution in [1.29, 1.82) is 0 Å². The van der Waals surface area contributed by atoms with Gasteiger partial charge in [0.1, 0.15) is 10.7 Å². The fourth-order valence-corrected chi connectivity index (χ4v) is 3.93. The maximum atomic E-state index is 12.5. The van der Waals surface area contributed by atoms with Crippen molar-refractivity contribution in [2.75, 3.05) is 25.0 Å². The quantitative estimate of drug-likeness (QED) is 0.876. The predicted molar refractivity (Wildman–Crippen MR) is 82.0 cm³/mol. The number of piperidine rings is 1. The third-order valence-corrected chi connectivity index (χ3v) is 5.75. The van der Waals surface area contributed by atoms with Gasteiger partial charge in [-0.25, -0.2) is 13.4 Å². The van der Waals surface area contributed by atoms with Crippen LogP contribution in [0.15, 0.2) is 17.2 Å². The topological polar surface area (TPSA) is 82.5 Å². The second-order valence-corrected chi connectivity index (χ2v) is 7.78. The molecule has 0 saturated carbocycles. The van der Waals surface area contributed by atoms with Crippen LogP contribution in [0.3, 0.4) is 0 Å². The molecule has 1 aliphatic rings. The van der Waals surface area contributed by atoms with Crippen LogP contribution in [-0.2, 0) is 10.0 Å². The Morgan fingerprint density at radius 3 is 2.62 bits per heavy atom. The molecule has 0 bridgehead atoms. The zero-order chi connectivity index (χ0) is 15.7. The van der Waals surface area contributed by atoms with E-state index in [2.05, 4.69) is 10.3 Å². The number of rotatable bonds is 4. The van der Waals surface area contributed by atoms with E-state index in [-0.39, 0.29) is 9.92 Å². The standard InChI is InChI=1S/C13H20ClN3O3S/c1-3-15-12-11(14)8-10(9-16-12)21(19,20)17-6-4-13(2,18)5-7-17/h8-9,18H,3-7H2,1-2H3,(H,15,16). The highest BCUT2D eigenvalue weighted by Gasteiger charge is 2.34. The first-order chi connectivity index (χ1) is 9.76. The van der Waals surface area contributed by atoms with Gasteiger partial charge >= 0.3 is 0 Å². The van der Waals surface area contributed by atoms with Gasteiger partial charge in [-0.1, -0.05) is 11.6 Å². The van der Waals surface area contributed by atoms with Crippen molar-refractivity contribution in [3.8, 4) is 0 Å². The molecule has 2 N–H and O–H groups in total. The smallest absolute Gasteiger partial charge is 0.244 e. The van der Waals surface area contributed by atoms with E-state index in [0.29, 0.717) is 38.3 Å². The summed E-state index contributed by atoms with van der Waals surface area (Å²) in [7, 11) is -3.62. The molecule has 6 nitrogen and oxygen atoms in total. The predicted octanol–water partition coefficient (Wildman–Crippen LogP) is 1.70. The summed E-state index contributed by atoms with van der Waals surface area (Å²) < 4.78 is 26.5. The molecule has 0 aromatic carbocycles. The largest absolute Gasteiger partial charge is 0.390 e. The van der Waals surface area contributed by atoms with Crippen molar-refractivity contribution in [3.63, 3.8) is 0 Å². The molecule has 1 saturated heterocycles. The highest BCUT2D eigenvalue weighted by molar-refractivity contribution is 7.89. The molecule has 1 fully saturated rings. The lowest BCUT2D eigenvalue weighted by Crippen LogP contribution is -2.45. The lowest BCUT2D eigenvalue weighted by molar-refractivity contribution is 0.0126. The van der Waals surface area contributed by atoms with Crippen molar-refractivity contribution in [1.82, 2.24) is 9.29 Å². The van der Waals surface area contributed by atoms with E-state index in [1.54, 1.807) is 6.92 Å². The number of hydrogen-bond donors (Lipinski definition) is 2. The molecule has 0 spiro atoms.